The Labute approximate surface area is 185 Å². The van der Waals surface area contributed by atoms with E-state index in [4.69, 9.17) is 16.3 Å². The van der Waals surface area contributed by atoms with Crippen molar-refractivity contribution in [2.75, 3.05) is 32.8 Å². The number of carbonyl (C=O) groups is 1. The van der Waals surface area contributed by atoms with Crippen molar-refractivity contribution in [2.24, 2.45) is 0 Å². The molecule has 0 atom stereocenters. The van der Waals surface area contributed by atoms with E-state index in [9.17, 15) is 9.59 Å². The van der Waals surface area contributed by atoms with Crippen LogP contribution in [0.4, 0.5) is 0 Å². The van der Waals surface area contributed by atoms with Crippen LogP contribution in [0.3, 0.4) is 0 Å². The summed E-state index contributed by atoms with van der Waals surface area (Å²) in [5.74, 6) is 0.327. The number of amides is 1. The van der Waals surface area contributed by atoms with Crippen LogP contribution >= 0.6 is 11.6 Å². The van der Waals surface area contributed by atoms with Crippen LogP contribution in [0.2, 0.25) is 5.02 Å². The lowest BCUT2D eigenvalue weighted by Gasteiger charge is -2.26. The Bertz CT molecular complexity index is 1120. The number of H-pyrrole nitrogens is 1. The van der Waals surface area contributed by atoms with Crippen molar-refractivity contribution in [3.05, 3.63) is 74.8 Å². The topological polar surface area (TPSA) is 78.5 Å². The van der Waals surface area contributed by atoms with Gasteiger partial charge in [0.15, 0.2) is 0 Å². The van der Waals surface area contributed by atoms with Crippen molar-refractivity contribution < 1.29 is 9.53 Å². The molecule has 0 aliphatic carbocycles. The summed E-state index contributed by atoms with van der Waals surface area (Å²) in [4.78, 5) is 36.7. The molecule has 1 fully saturated rings. The van der Waals surface area contributed by atoms with Gasteiger partial charge in [-0.05, 0) is 42.8 Å². The first-order chi connectivity index (χ1) is 15.0. The minimum atomic E-state index is -0.243. The van der Waals surface area contributed by atoms with E-state index in [1.54, 1.807) is 23.1 Å². The number of rotatable bonds is 6. The van der Waals surface area contributed by atoms with E-state index >= 15 is 0 Å². The van der Waals surface area contributed by atoms with Gasteiger partial charge in [0.1, 0.15) is 5.82 Å². The molecule has 2 heterocycles. The van der Waals surface area contributed by atoms with Crippen LogP contribution in [-0.2, 0) is 17.8 Å². The fourth-order valence-electron chi connectivity index (χ4n) is 3.70. The third kappa shape index (κ3) is 5.12. The minimum absolute atomic E-state index is 0.103. The molecule has 2 aromatic carbocycles. The van der Waals surface area contributed by atoms with Crippen molar-refractivity contribution in [3.8, 4) is 0 Å². The fraction of sp³-hybridized carbons (Fsp3) is 0.348. The largest absolute Gasteiger partial charge is 0.379 e. The monoisotopic (exact) mass is 440 g/mol. The van der Waals surface area contributed by atoms with Gasteiger partial charge < -0.3 is 14.6 Å². The second-order valence-corrected chi connectivity index (χ2v) is 8.02. The number of morpholine rings is 1. The molecule has 1 aromatic heterocycles. The summed E-state index contributed by atoms with van der Waals surface area (Å²) < 4.78 is 5.39. The zero-order chi connectivity index (χ0) is 21.8. The Morgan fingerprint density at radius 1 is 1.19 bits per heavy atom. The van der Waals surface area contributed by atoms with Crippen LogP contribution in [0.15, 0.2) is 47.3 Å². The molecule has 3 aromatic rings. The van der Waals surface area contributed by atoms with Gasteiger partial charge in [0.2, 0.25) is 0 Å². The molecular weight excluding hydrogens is 416 g/mol. The Kier molecular flexibility index (Phi) is 6.65. The molecule has 8 heteroatoms. The maximum Gasteiger partial charge on any atom is 0.258 e. The standard InChI is InChI=1S/C23H25ClN4O3/c1-2-28(15-21-25-20-13-18(24)7-8-19(20)22(29)26-21)23(30)17-5-3-16(4-6-17)14-27-9-11-31-12-10-27/h3-8,13H,2,9-12,14-15H2,1H3,(H,25,26,29). The summed E-state index contributed by atoms with van der Waals surface area (Å²) in [6.45, 7) is 6.83. The number of nitrogens with one attached hydrogen (secondary N) is 1. The lowest BCUT2D eigenvalue weighted by molar-refractivity contribution is 0.0342. The van der Waals surface area contributed by atoms with Crippen molar-refractivity contribution >= 4 is 28.4 Å². The predicted octanol–water partition coefficient (Wildman–Crippen LogP) is 3.07. The number of hydrogen-bond donors (Lipinski definition) is 1. The Morgan fingerprint density at radius 2 is 1.94 bits per heavy atom. The van der Waals surface area contributed by atoms with Gasteiger partial charge in [-0.3, -0.25) is 14.5 Å². The van der Waals surface area contributed by atoms with Gasteiger partial charge in [0, 0.05) is 36.8 Å². The molecule has 1 aliphatic heterocycles. The number of benzene rings is 2. The molecule has 1 amide bonds. The Morgan fingerprint density at radius 3 is 2.65 bits per heavy atom. The predicted molar refractivity (Wildman–Crippen MR) is 120 cm³/mol. The maximum absolute atomic E-state index is 13.0. The summed E-state index contributed by atoms with van der Waals surface area (Å²) in [6, 6.07) is 12.7. The number of halogens is 1. The first-order valence-electron chi connectivity index (χ1n) is 10.4. The molecule has 0 saturated carbocycles. The van der Waals surface area contributed by atoms with E-state index in [1.807, 2.05) is 31.2 Å². The van der Waals surface area contributed by atoms with Gasteiger partial charge in [-0.1, -0.05) is 23.7 Å². The lowest BCUT2D eigenvalue weighted by atomic mass is 10.1. The number of carbonyl (C=O) groups excluding carboxylic acids is 1. The van der Waals surface area contributed by atoms with E-state index in [2.05, 4.69) is 14.9 Å². The quantitative estimate of drug-likeness (QED) is 0.637. The van der Waals surface area contributed by atoms with Gasteiger partial charge in [0.05, 0.1) is 30.7 Å². The Balaban J connectivity index is 1.48. The average Bonchev–Trinajstić information content (AvgIpc) is 2.78. The third-order valence-electron chi connectivity index (χ3n) is 5.44. The van der Waals surface area contributed by atoms with Crippen LogP contribution in [0, 0.1) is 0 Å². The van der Waals surface area contributed by atoms with Crippen LogP contribution in [0.5, 0.6) is 0 Å². The molecule has 0 bridgehead atoms. The minimum Gasteiger partial charge on any atom is -0.379 e. The van der Waals surface area contributed by atoms with Gasteiger partial charge >= 0.3 is 0 Å². The molecule has 7 nitrogen and oxygen atoms in total. The highest BCUT2D eigenvalue weighted by atomic mass is 35.5. The summed E-state index contributed by atoms with van der Waals surface area (Å²) in [7, 11) is 0. The van der Waals surface area contributed by atoms with Gasteiger partial charge in [0.25, 0.3) is 11.5 Å². The van der Waals surface area contributed by atoms with Crippen molar-refractivity contribution in [3.63, 3.8) is 0 Å². The highest BCUT2D eigenvalue weighted by Gasteiger charge is 2.17. The molecule has 1 N–H and O–H groups in total. The van der Waals surface area contributed by atoms with Gasteiger partial charge in [-0.25, -0.2) is 4.98 Å². The summed E-state index contributed by atoms with van der Waals surface area (Å²) in [5, 5.41) is 0.982. The molecule has 31 heavy (non-hydrogen) atoms. The average molecular weight is 441 g/mol. The lowest BCUT2D eigenvalue weighted by Crippen LogP contribution is -2.35. The van der Waals surface area contributed by atoms with Crippen LogP contribution in [0.25, 0.3) is 10.9 Å². The second-order valence-electron chi connectivity index (χ2n) is 7.58. The van der Waals surface area contributed by atoms with E-state index in [1.165, 1.54) is 5.56 Å². The molecule has 162 valence electrons. The first kappa shape index (κ1) is 21.5. The van der Waals surface area contributed by atoms with Gasteiger partial charge in [-0.2, -0.15) is 0 Å². The summed E-state index contributed by atoms with van der Waals surface area (Å²) in [6.07, 6.45) is 0. The number of fused-ring (bicyclic) bond motifs is 1. The van der Waals surface area contributed by atoms with Crippen molar-refractivity contribution in [1.82, 2.24) is 19.8 Å². The number of nitrogens with zero attached hydrogens (tertiary/aromatic N) is 3. The van der Waals surface area contributed by atoms with Crippen molar-refractivity contribution in [1.29, 1.82) is 0 Å². The maximum atomic E-state index is 13.0. The second kappa shape index (κ2) is 9.60. The molecule has 0 spiro atoms. The first-order valence-corrected chi connectivity index (χ1v) is 10.8. The fourth-order valence-corrected chi connectivity index (χ4v) is 3.86. The molecule has 0 radical (unpaired) electrons. The summed E-state index contributed by atoms with van der Waals surface area (Å²) >= 11 is 6.04. The number of aromatic amines is 1. The zero-order valence-electron chi connectivity index (χ0n) is 17.4. The third-order valence-corrected chi connectivity index (χ3v) is 5.67. The normalized spacial score (nSPS) is 14.6. The zero-order valence-corrected chi connectivity index (χ0v) is 18.2. The van der Waals surface area contributed by atoms with Crippen LogP contribution in [0.1, 0.15) is 28.7 Å². The Hall–Kier alpha value is -2.74. The smallest absolute Gasteiger partial charge is 0.258 e. The SMILES string of the molecule is CCN(Cc1nc2cc(Cl)ccc2c(=O)[nH]1)C(=O)c1ccc(CN2CCOCC2)cc1. The number of aromatic nitrogens is 2. The van der Waals surface area contributed by atoms with E-state index in [0.717, 1.165) is 32.8 Å². The molecule has 1 aliphatic rings. The molecule has 4 rings (SSSR count). The highest BCUT2D eigenvalue weighted by Crippen LogP contribution is 2.16. The van der Waals surface area contributed by atoms with Crippen molar-refractivity contribution in [2.45, 2.75) is 20.0 Å². The van der Waals surface area contributed by atoms with Gasteiger partial charge in [-0.15, -0.1) is 0 Å². The number of ether oxygens (including phenoxy) is 1. The summed E-state index contributed by atoms with van der Waals surface area (Å²) in [5.41, 5.74) is 2.05. The van der Waals surface area contributed by atoms with Crippen LogP contribution in [-0.4, -0.2) is 58.5 Å². The highest BCUT2D eigenvalue weighted by molar-refractivity contribution is 6.31. The van der Waals surface area contributed by atoms with E-state index in [0.29, 0.717) is 33.9 Å². The number of hydrogen-bond acceptors (Lipinski definition) is 5. The molecule has 0 unspecified atom stereocenters. The van der Waals surface area contributed by atoms with E-state index in [-0.39, 0.29) is 18.0 Å². The molecule has 1 saturated heterocycles. The van der Waals surface area contributed by atoms with Crippen LogP contribution < -0.4 is 5.56 Å². The van der Waals surface area contributed by atoms with E-state index < -0.39 is 0 Å². The molecular formula is C23H25ClN4O3.